The monoisotopic (exact) mass is 406 g/mol. The third-order valence-electron chi connectivity index (χ3n) is 4.35. The molecule has 27 heavy (non-hydrogen) atoms. The molecular formula is C18H20ClFN6S. The molecule has 0 aliphatic rings. The molecule has 9 heteroatoms. The van der Waals surface area contributed by atoms with E-state index in [4.69, 9.17) is 23.8 Å². The van der Waals surface area contributed by atoms with Crippen LogP contribution in [-0.2, 0) is 13.6 Å². The van der Waals surface area contributed by atoms with E-state index in [2.05, 4.69) is 20.8 Å². The van der Waals surface area contributed by atoms with E-state index in [-0.39, 0.29) is 18.4 Å². The van der Waals surface area contributed by atoms with E-state index < -0.39 is 0 Å². The van der Waals surface area contributed by atoms with E-state index >= 15 is 0 Å². The summed E-state index contributed by atoms with van der Waals surface area (Å²) in [5.74, 6) is 0.209. The number of benzene rings is 1. The molecule has 0 amide bonds. The average molecular weight is 407 g/mol. The largest absolute Gasteiger partial charge is 0.356 e. The molecule has 0 spiro atoms. The smallest absolute Gasteiger partial charge is 0.172 e. The van der Waals surface area contributed by atoms with Gasteiger partial charge in [0.15, 0.2) is 10.9 Å². The molecule has 0 fully saturated rings. The highest BCUT2D eigenvalue weighted by Crippen LogP contribution is 2.20. The summed E-state index contributed by atoms with van der Waals surface area (Å²) >= 11 is 11.4. The lowest BCUT2D eigenvalue weighted by atomic mass is 10.1. The van der Waals surface area contributed by atoms with Gasteiger partial charge in [-0.25, -0.2) is 4.39 Å². The van der Waals surface area contributed by atoms with E-state index in [1.54, 1.807) is 29.1 Å². The highest BCUT2D eigenvalue weighted by atomic mass is 35.5. The van der Waals surface area contributed by atoms with Gasteiger partial charge in [0, 0.05) is 41.2 Å². The third-order valence-corrected chi connectivity index (χ3v) is 4.93. The number of nitrogens with one attached hydrogen (secondary N) is 2. The van der Waals surface area contributed by atoms with Crippen LogP contribution in [0.2, 0.25) is 5.02 Å². The molecule has 0 aliphatic carbocycles. The summed E-state index contributed by atoms with van der Waals surface area (Å²) in [6.45, 7) is 4.25. The number of aryl methyl sites for hydroxylation is 1. The molecule has 6 nitrogen and oxygen atoms in total. The number of rotatable bonds is 5. The highest BCUT2D eigenvalue weighted by molar-refractivity contribution is 7.80. The Bertz CT molecular complexity index is 946. The summed E-state index contributed by atoms with van der Waals surface area (Å²) in [4.78, 5) is 0. The summed E-state index contributed by atoms with van der Waals surface area (Å²) in [5.41, 5.74) is 2.54. The van der Waals surface area contributed by atoms with Crippen LogP contribution in [0.25, 0.3) is 0 Å². The zero-order valence-corrected chi connectivity index (χ0v) is 16.8. The van der Waals surface area contributed by atoms with Crippen molar-refractivity contribution in [3.8, 4) is 0 Å². The van der Waals surface area contributed by atoms with Gasteiger partial charge in [-0.2, -0.15) is 10.2 Å². The Morgan fingerprint density at radius 1 is 1.37 bits per heavy atom. The molecule has 0 radical (unpaired) electrons. The van der Waals surface area contributed by atoms with Gasteiger partial charge in [0.25, 0.3) is 0 Å². The summed E-state index contributed by atoms with van der Waals surface area (Å²) in [6, 6.07) is 6.38. The maximum atomic E-state index is 13.9. The van der Waals surface area contributed by atoms with Crippen LogP contribution in [0.4, 0.5) is 10.2 Å². The first-order valence-corrected chi connectivity index (χ1v) is 9.16. The standard InChI is InChI=1S/C18H20ClFN6S/c1-11(13-9-21-25(3)12(13)2)22-18(27)23-17-7-8-26(24-17)10-14-15(19)5-4-6-16(14)20/h4-9,11H,10H2,1-3H3,(H2,22,23,24,27). The Balaban J connectivity index is 1.62. The molecule has 0 saturated heterocycles. The van der Waals surface area contributed by atoms with Gasteiger partial charge < -0.3 is 10.6 Å². The van der Waals surface area contributed by atoms with Crippen LogP contribution in [0.15, 0.2) is 36.7 Å². The van der Waals surface area contributed by atoms with Gasteiger partial charge in [0.1, 0.15) is 5.82 Å². The van der Waals surface area contributed by atoms with Crippen LogP contribution < -0.4 is 10.6 Å². The topological polar surface area (TPSA) is 59.7 Å². The fourth-order valence-corrected chi connectivity index (χ4v) is 3.23. The summed E-state index contributed by atoms with van der Waals surface area (Å²) in [5, 5.41) is 15.7. The van der Waals surface area contributed by atoms with Crippen molar-refractivity contribution in [2.24, 2.45) is 7.05 Å². The number of hydrogen-bond acceptors (Lipinski definition) is 3. The normalized spacial score (nSPS) is 12.0. The minimum Gasteiger partial charge on any atom is -0.356 e. The minimum atomic E-state index is -0.356. The lowest BCUT2D eigenvalue weighted by Crippen LogP contribution is -2.31. The minimum absolute atomic E-state index is 0.00185. The SMILES string of the molecule is Cc1c(C(C)NC(=S)Nc2ccn(Cc3c(F)cccc3Cl)n2)cnn1C. The van der Waals surface area contributed by atoms with E-state index in [9.17, 15) is 4.39 Å². The van der Waals surface area contributed by atoms with Crippen molar-refractivity contribution in [3.05, 3.63) is 64.3 Å². The lowest BCUT2D eigenvalue weighted by molar-refractivity contribution is 0.586. The van der Waals surface area contributed by atoms with E-state index in [1.807, 2.05) is 31.8 Å². The molecule has 3 rings (SSSR count). The first-order chi connectivity index (χ1) is 12.8. The summed E-state index contributed by atoms with van der Waals surface area (Å²) in [6.07, 6.45) is 3.56. The van der Waals surface area contributed by atoms with Crippen molar-refractivity contribution in [1.82, 2.24) is 24.9 Å². The van der Waals surface area contributed by atoms with E-state index in [0.717, 1.165) is 11.3 Å². The Morgan fingerprint density at radius 3 is 2.81 bits per heavy atom. The van der Waals surface area contributed by atoms with Crippen LogP contribution in [-0.4, -0.2) is 24.7 Å². The van der Waals surface area contributed by atoms with Gasteiger partial charge >= 0.3 is 0 Å². The Kier molecular flexibility index (Phi) is 5.76. The van der Waals surface area contributed by atoms with Crippen molar-refractivity contribution in [1.29, 1.82) is 0 Å². The molecule has 2 N–H and O–H groups in total. The molecule has 2 heterocycles. The number of hydrogen-bond donors (Lipinski definition) is 2. The molecular weight excluding hydrogens is 387 g/mol. The second kappa shape index (κ2) is 8.06. The van der Waals surface area contributed by atoms with Crippen molar-refractivity contribution in [2.75, 3.05) is 5.32 Å². The maximum Gasteiger partial charge on any atom is 0.172 e. The molecule has 2 aromatic heterocycles. The van der Waals surface area contributed by atoms with Gasteiger partial charge in [-0.05, 0) is 38.2 Å². The van der Waals surface area contributed by atoms with Crippen LogP contribution >= 0.6 is 23.8 Å². The number of halogens is 2. The van der Waals surface area contributed by atoms with Crippen LogP contribution in [0, 0.1) is 12.7 Å². The third kappa shape index (κ3) is 4.45. The van der Waals surface area contributed by atoms with Crippen LogP contribution in [0.1, 0.15) is 29.8 Å². The van der Waals surface area contributed by atoms with Gasteiger partial charge in [0.2, 0.25) is 0 Å². The quantitative estimate of drug-likeness (QED) is 0.631. The van der Waals surface area contributed by atoms with E-state index in [0.29, 0.717) is 21.5 Å². The highest BCUT2D eigenvalue weighted by Gasteiger charge is 2.14. The predicted octanol–water partition coefficient (Wildman–Crippen LogP) is 3.81. The Morgan fingerprint density at radius 2 is 2.15 bits per heavy atom. The lowest BCUT2D eigenvalue weighted by Gasteiger charge is -2.16. The van der Waals surface area contributed by atoms with Crippen molar-refractivity contribution in [2.45, 2.75) is 26.4 Å². The first kappa shape index (κ1) is 19.3. The first-order valence-electron chi connectivity index (χ1n) is 8.37. The van der Waals surface area contributed by atoms with Crippen molar-refractivity contribution in [3.63, 3.8) is 0 Å². The Labute approximate surface area is 167 Å². The van der Waals surface area contributed by atoms with E-state index in [1.165, 1.54) is 6.07 Å². The molecule has 1 atom stereocenters. The molecule has 3 aromatic rings. The van der Waals surface area contributed by atoms with Crippen molar-refractivity contribution >= 4 is 34.7 Å². The van der Waals surface area contributed by atoms with Gasteiger partial charge in [0.05, 0.1) is 18.8 Å². The molecule has 0 aliphatic heterocycles. The summed E-state index contributed by atoms with van der Waals surface area (Å²) < 4.78 is 17.3. The van der Waals surface area contributed by atoms with Gasteiger partial charge in [-0.1, -0.05) is 17.7 Å². The maximum absolute atomic E-state index is 13.9. The van der Waals surface area contributed by atoms with Crippen LogP contribution in [0.3, 0.4) is 0 Å². The molecule has 1 unspecified atom stereocenters. The fraction of sp³-hybridized carbons (Fsp3) is 0.278. The van der Waals surface area contributed by atoms with Gasteiger partial charge in [-0.15, -0.1) is 0 Å². The Hall–Kier alpha value is -2.45. The van der Waals surface area contributed by atoms with Crippen LogP contribution in [0.5, 0.6) is 0 Å². The molecule has 1 aromatic carbocycles. The zero-order chi connectivity index (χ0) is 19.6. The number of thiocarbonyl (C=S) groups is 1. The molecule has 0 saturated carbocycles. The average Bonchev–Trinajstić information content (AvgIpc) is 3.18. The molecule has 142 valence electrons. The zero-order valence-electron chi connectivity index (χ0n) is 15.2. The fourth-order valence-electron chi connectivity index (χ4n) is 2.73. The van der Waals surface area contributed by atoms with Gasteiger partial charge in [-0.3, -0.25) is 9.36 Å². The number of aromatic nitrogens is 4. The second-order valence-corrected chi connectivity index (χ2v) is 7.04. The number of nitrogens with zero attached hydrogens (tertiary/aromatic N) is 4. The van der Waals surface area contributed by atoms with Crippen molar-refractivity contribution < 1.29 is 4.39 Å². The second-order valence-electron chi connectivity index (χ2n) is 6.23. The predicted molar refractivity (Wildman–Crippen MR) is 108 cm³/mol. The number of anilines is 1. The summed E-state index contributed by atoms with van der Waals surface area (Å²) in [7, 11) is 1.90. The molecule has 0 bridgehead atoms.